The highest BCUT2D eigenvalue weighted by molar-refractivity contribution is 6.33. The minimum atomic E-state index is 0.413. The maximum atomic E-state index is 6.09. The van der Waals surface area contributed by atoms with E-state index in [1.165, 1.54) is 0 Å². The Balaban J connectivity index is 2.33. The Bertz CT molecular complexity index is 693. The molecule has 0 amide bonds. The Labute approximate surface area is 107 Å². The zero-order valence-corrected chi connectivity index (χ0v) is 10.0. The zero-order valence-electron chi connectivity index (χ0n) is 8.51. The van der Waals surface area contributed by atoms with Crippen molar-refractivity contribution in [2.24, 2.45) is 0 Å². The van der Waals surface area contributed by atoms with Crippen molar-refractivity contribution in [1.82, 2.24) is 19.4 Å². The first kappa shape index (κ1) is 10.5. The molecule has 0 spiro atoms. The molecule has 3 heterocycles. The molecule has 0 fully saturated rings. The van der Waals surface area contributed by atoms with Crippen LogP contribution >= 0.6 is 23.2 Å². The fraction of sp³-hybridized carbons (Fsp3) is 0. The van der Waals surface area contributed by atoms with Crippen molar-refractivity contribution in [2.45, 2.75) is 0 Å². The van der Waals surface area contributed by atoms with Gasteiger partial charge in [-0.1, -0.05) is 23.2 Å². The van der Waals surface area contributed by atoms with Gasteiger partial charge in [-0.15, -0.1) is 0 Å². The lowest BCUT2D eigenvalue weighted by Gasteiger charge is -2.03. The van der Waals surface area contributed by atoms with Crippen LogP contribution in [0.3, 0.4) is 0 Å². The van der Waals surface area contributed by atoms with E-state index in [1.54, 1.807) is 31.0 Å². The highest BCUT2D eigenvalue weighted by atomic mass is 35.5. The maximum Gasteiger partial charge on any atom is 0.154 e. The molecule has 0 saturated heterocycles. The topological polar surface area (TPSA) is 43.1 Å². The van der Waals surface area contributed by atoms with E-state index in [9.17, 15) is 0 Å². The van der Waals surface area contributed by atoms with Crippen LogP contribution in [-0.2, 0) is 0 Å². The van der Waals surface area contributed by atoms with Gasteiger partial charge < -0.3 is 0 Å². The molecule has 0 radical (unpaired) electrons. The fourth-order valence-corrected chi connectivity index (χ4v) is 2.05. The number of imidazole rings is 1. The molecule has 0 atom stereocenters. The van der Waals surface area contributed by atoms with Crippen LogP contribution in [0, 0.1) is 0 Å². The first-order valence-electron chi connectivity index (χ1n) is 4.85. The number of hydrogen-bond acceptors (Lipinski definition) is 3. The van der Waals surface area contributed by atoms with Gasteiger partial charge in [0, 0.05) is 30.4 Å². The molecule has 3 rings (SSSR count). The van der Waals surface area contributed by atoms with Gasteiger partial charge in [-0.25, -0.2) is 9.97 Å². The normalized spacial score (nSPS) is 10.9. The van der Waals surface area contributed by atoms with Gasteiger partial charge in [0.15, 0.2) is 5.15 Å². The summed E-state index contributed by atoms with van der Waals surface area (Å²) in [5.74, 6) is 0.719. The lowest BCUT2D eigenvalue weighted by Crippen LogP contribution is -1.91. The van der Waals surface area contributed by atoms with E-state index < -0.39 is 0 Å². The van der Waals surface area contributed by atoms with E-state index in [1.807, 2.05) is 10.5 Å². The summed E-state index contributed by atoms with van der Waals surface area (Å²) in [4.78, 5) is 12.3. The van der Waals surface area contributed by atoms with Crippen LogP contribution in [0.15, 0.2) is 37.1 Å². The van der Waals surface area contributed by atoms with E-state index in [-0.39, 0.29) is 0 Å². The SMILES string of the molecule is Clc1cnccc1-c1ncc2c(Cl)nccn12. The molecule has 0 aliphatic carbocycles. The predicted octanol–water partition coefficient (Wildman–Crippen LogP) is 3.10. The summed E-state index contributed by atoms with van der Waals surface area (Å²) in [6, 6.07) is 1.81. The highest BCUT2D eigenvalue weighted by Crippen LogP contribution is 2.27. The Hall–Kier alpha value is -1.65. The van der Waals surface area contributed by atoms with Crippen molar-refractivity contribution in [1.29, 1.82) is 0 Å². The van der Waals surface area contributed by atoms with Crippen molar-refractivity contribution >= 4 is 28.7 Å². The van der Waals surface area contributed by atoms with Gasteiger partial charge in [0.2, 0.25) is 0 Å². The van der Waals surface area contributed by atoms with E-state index in [0.717, 1.165) is 16.9 Å². The molecule has 0 bridgehead atoms. The number of rotatable bonds is 1. The standard InChI is InChI=1S/C11H6Cl2N4/c12-8-5-14-2-1-7(8)11-16-6-9-10(13)15-3-4-17(9)11/h1-6H. The molecule has 0 N–H and O–H groups in total. The van der Waals surface area contributed by atoms with Crippen LogP contribution in [0.5, 0.6) is 0 Å². The van der Waals surface area contributed by atoms with Crippen molar-refractivity contribution in [3.05, 3.63) is 47.2 Å². The molecule has 3 aromatic rings. The number of hydrogen-bond donors (Lipinski definition) is 0. The minimum Gasteiger partial charge on any atom is -0.295 e. The van der Waals surface area contributed by atoms with Gasteiger partial charge in [0.1, 0.15) is 11.3 Å². The third-order valence-corrected chi connectivity index (χ3v) is 3.02. The highest BCUT2D eigenvalue weighted by Gasteiger charge is 2.11. The van der Waals surface area contributed by atoms with Crippen molar-refractivity contribution in [3.63, 3.8) is 0 Å². The summed E-state index contributed by atoms with van der Waals surface area (Å²) in [5.41, 5.74) is 1.56. The van der Waals surface area contributed by atoms with Crippen molar-refractivity contribution in [3.8, 4) is 11.4 Å². The van der Waals surface area contributed by atoms with E-state index in [2.05, 4.69) is 15.0 Å². The molecular formula is C11H6Cl2N4. The monoisotopic (exact) mass is 264 g/mol. The van der Waals surface area contributed by atoms with Crippen LogP contribution < -0.4 is 0 Å². The summed E-state index contributed by atoms with van der Waals surface area (Å²) in [7, 11) is 0. The third kappa shape index (κ3) is 1.66. The number of aromatic nitrogens is 4. The van der Waals surface area contributed by atoms with Crippen LogP contribution in [0.1, 0.15) is 0 Å². The van der Waals surface area contributed by atoms with Crippen LogP contribution in [0.2, 0.25) is 10.2 Å². The second-order valence-corrected chi connectivity index (χ2v) is 4.18. The van der Waals surface area contributed by atoms with Gasteiger partial charge in [-0.05, 0) is 6.07 Å². The number of nitrogens with zero attached hydrogens (tertiary/aromatic N) is 4. The molecular weight excluding hydrogens is 259 g/mol. The maximum absolute atomic E-state index is 6.09. The number of pyridine rings is 1. The van der Waals surface area contributed by atoms with Gasteiger partial charge in [-0.3, -0.25) is 9.38 Å². The Kier molecular flexibility index (Phi) is 2.46. The molecule has 0 unspecified atom stereocenters. The zero-order chi connectivity index (χ0) is 11.8. The Morgan fingerprint density at radius 3 is 2.76 bits per heavy atom. The van der Waals surface area contributed by atoms with Crippen molar-refractivity contribution < 1.29 is 0 Å². The lowest BCUT2D eigenvalue weighted by molar-refractivity contribution is 1.12. The van der Waals surface area contributed by atoms with Crippen LogP contribution in [-0.4, -0.2) is 19.4 Å². The molecule has 0 saturated carbocycles. The Morgan fingerprint density at radius 1 is 1.06 bits per heavy atom. The van der Waals surface area contributed by atoms with Crippen LogP contribution in [0.4, 0.5) is 0 Å². The van der Waals surface area contributed by atoms with Gasteiger partial charge >= 0.3 is 0 Å². The lowest BCUT2D eigenvalue weighted by atomic mass is 10.2. The second kappa shape index (κ2) is 3.98. The average Bonchev–Trinajstić information content (AvgIpc) is 2.75. The molecule has 4 nitrogen and oxygen atoms in total. The minimum absolute atomic E-state index is 0.413. The number of halogens is 2. The molecule has 0 aliphatic heterocycles. The van der Waals surface area contributed by atoms with Crippen LogP contribution in [0.25, 0.3) is 16.9 Å². The van der Waals surface area contributed by atoms with Gasteiger partial charge in [0.25, 0.3) is 0 Å². The Morgan fingerprint density at radius 2 is 1.94 bits per heavy atom. The quantitative estimate of drug-likeness (QED) is 0.679. The second-order valence-electron chi connectivity index (χ2n) is 3.41. The number of fused-ring (bicyclic) bond motifs is 1. The molecule has 3 aromatic heterocycles. The molecule has 84 valence electrons. The third-order valence-electron chi connectivity index (χ3n) is 2.43. The van der Waals surface area contributed by atoms with Crippen molar-refractivity contribution in [2.75, 3.05) is 0 Å². The summed E-state index contributed by atoms with van der Waals surface area (Å²) >= 11 is 12.1. The first-order valence-corrected chi connectivity index (χ1v) is 5.60. The van der Waals surface area contributed by atoms with E-state index >= 15 is 0 Å². The molecule has 6 heteroatoms. The molecule has 0 aromatic carbocycles. The molecule has 17 heavy (non-hydrogen) atoms. The summed E-state index contributed by atoms with van der Waals surface area (Å²) in [6.45, 7) is 0. The van der Waals surface area contributed by atoms with E-state index in [0.29, 0.717) is 10.2 Å². The smallest absolute Gasteiger partial charge is 0.154 e. The fourth-order valence-electron chi connectivity index (χ4n) is 1.65. The summed E-state index contributed by atoms with van der Waals surface area (Å²) in [5, 5.41) is 0.962. The predicted molar refractivity (Wildman–Crippen MR) is 66.2 cm³/mol. The largest absolute Gasteiger partial charge is 0.295 e. The first-order chi connectivity index (χ1) is 8.27. The van der Waals surface area contributed by atoms with Gasteiger partial charge in [-0.2, -0.15) is 0 Å². The average molecular weight is 265 g/mol. The van der Waals surface area contributed by atoms with Gasteiger partial charge in [0.05, 0.1) is 11.2 Å². The van der Waals surface area contributed by atoms with E-state index in [4.69, 9.17) is 23.2 Å². The molecule has 0 aliphatic rings. The summed E-state index contributed by atoms with van der Waals surface area (Å²) in [6.07, 6.45) is 8.34. The summed E-state index contributed by atoms with van der Waals surface area (Å²) < 4.78 is 1.84.